The summed E-state index contributed by atoms with van der Waals surface area (Å²) in [6, 6.07) is 7.27. The molecule has 3 rings (SSSR count). The Labute approximate surface area is 119 Å². The quantitative estimate of drug-likeness (QED) is 0.471. The first-order valence-corrected chi connectivity index (χ1v) is 6.77. The summed E-state index contributed by atoms with van der Waals surface area (Å²) in [5, 5.41) is 1.85. The van der Waals surface area contributed by atoms with Crippen molar-refractivity contribution in [1.82, 2.24) is 0 Å². The molecule has 16 heavy (non-hydrogen) atoms. The topological polar surface area (TPSA) is 34.1 Å². The summed E-state index contributed by atoms with van der Waals surface area (Å²) in [6.45, 7) is 0. The number of Topliss-reactive ketones (excluding diaryl/α,β-unsaturated/α-hetero) is 2. The molecule has 0 N–H and O–H groups in total. The number of hydrogen-bond acceptors (Lipinski definition) is 2. The van der Waals surface area contributed by atoms with E-state index in [4.69, 9.17) is 0 Å². The molecule has 0 unspecified atom stereocenters. The highest BCUT2D eigenvalue weighted by molar-refractivity contribution is 14.1. The van der Waals surface area contributed by atoms with E-state index >= 15 is 0 Å². The zero-order valence-electron chi connectivity index (χ0n) is 7.88. The van der Waals surface area contributed by atoms with E-state index in [1.807, 2.05) is 12.1 Å². The maximum Gasteiger partial charge on any atom is 0.234 e. The summed E-state index contributed by atoms with van der Waals surface area (Å²) in [4.78, 5) is 23.5. The molecular formula is C12H4I2O2. The summed E-state index contributed by atoms with van der Waals surface area (Å²) >= 11 is 4.46. The predicted octanol–water partition coefficient (Wildman–Crippen LogP) is 3.43. The molecule has 2 aromatic rings. The van der Waals surface area contributed by atoms with Crippen LogP contribution < -0.4 is 0 Å². The number of carbonyl (C=O) groups excluding carboxylic acids is 2. The number of halogens is 2. The van der Waals surface area contributed by atoms with E-state index in [1.54, 1.807) is 12.1 Å². The molecule has 0 saturated carbocycles. The number of rotatable bonds is 0. The number of hydrogen-bond donors (Lipinski definition) is 0. The summed E-state index contributed by atoms with van der Waals surface area (Å²) in [7, 11) is 0. The molecule has 0 radical (unpaired) electrons. The smallest absolute Gasteiger partial charge is 0.234 e. The van der Waals surface area contributed by atoms with Crippen LogP contribution in [0.25, 0.3) is 10.8 Å². The van der Waals surface area contributed by atoms with Crippen molar-refractivity contribution in [2.24, 2.45) is 0 Å². The third-order valence-electron chi connectivity index (χ3n) is 2.75. The van der Waals surface area contributed by atoms with E-state index in [0.717, 1.165) is 17.9 Å². The summed E-state index contributed by atoms with van der Waals surface area (Å²) < 4.78 is 2.15. The average Bonchev–Trinajstić information content (AvgIpc) is 2.50. The van der Waals surface area contributed by atoms with Crippen molar-refractivity contribution < 1.29 is 9.59 Å². The Balaban J connectivity index is 2.64. The van der Waals surface area contributed by atoms with Crippen LogP contribution in [0.15, 0.2) is 24.3 Å². The molecule has 0 spiro atoms. The van der Waals surface area contributed by atoms with Gasteiger partial charge in [0.2, 0.25) is 11.6 Å². The third kappa shape index (κ3) is 1.22. The van der Waals surface area contributed by atoms with Crippen LogP contribution in [0.3, 0.4) is 0 Å². The molecular weight excluding hydrogens is 430 g/mol. The first-order chi connectivity index (χ1) is 7.61. The molecule has 78 valence electrons. The fourth-order valence-electron chi connectivity index (χ4n) is 2.04. The first kappa shape index (κ1) is 10.6. The largest absolute Gasteiger partial charge is 0.285 e. The molecule has 1 aliphatic rings. The van der Waals surface area contributed by atoms with Gasteiger partial charge >= 0.3 is 0 Å². The zero-order chi connectivity index (χ0) is 11.4. The zero-order valence-corrected chi connectivity index (χ0v) is 12.2. The van der Waals surface area contributed by atoms with Crippen LogP contribution in [0.4, 0.5) is 0 Å². The van der Waals surface area contributed by atoms with E-state index in [-0.39, 0.29) is 11.6 Å². The van der Waals surface area contributed by atoms with Gasteiger partial charge in [-0.05, 0) is 69.4 Å². The molecule has 0 heterocycles. The van der Waals surface area contributed by atoms with E-state index in [2.05, 4.69) is 45.2 Å². The van der Waals surface area contributed by atoms with E-state index in [9.17, 15) is 9.59 Å². The highest BCUT2D eigenvalue weighted by Gasteiger charge is 2.31. The van der Waals surface area contributed by atoms with Gasteiger partial charge in [0.1, 0.15) is 0 Å². The predicted molar refractivity (Wildman–Crippen MR) is 78.0 cm³/mol. The van der Waals surface area contributed by atoms with Crippen LogP contribution in [0.5, 0.6) is 0 Å². The minimum atomic E-state index is -0.376. The molecule has 2 aromatic carbocycles. The van der Waals surface area contributed by atoms with Gasteiger partial charge in [0, 0.05) is 29.0 Å². The second-order valence-electron chi connectivity index (χ2n) is 3.60. The van der Waals surface area contributed by atoms with Crippen molar-refractivity contribution in [3.8, 4) is 0 Å². The van der Waals surface area contributed by atoms with E-state index < -0.39 is 0 Å². The van der Waals surface area contributed by atoms with Crippen LogP contribution in [0.2, 0.25) is 0 Å². The van der Waals surface area contributed by atoms with Gasteiger partial charge in [-0.2, -0.15) is 0 Å². The van der Waals surface area contributed by atoms with Gasteiger partial charge in [-0.1, -0.05) is 0 Å². The summed E-state index contributed by atoms with van der Waals surface area (Å²) in [6.07, 6.45) is 0. The number of benzene rings is 2. The Morgan fingerprint density at radius 1 is 0.688 bits per heavy atom. The summed E-state index contributed by atoms with van der Waals surface area (Å²) in [5.74, 6) is -0.753. The number of carbonyl (C=O) groups is 2. The molecule has 0 bridgehead atoms. The Hall–Kier alpha value is -0.500. The standard InChI is InChI=1S/C12H4I2O2/c13-7-3-1-5-9-6(12(16)11(5)15)2-4-8(14)10(7)9/h1-4H. The van der Waals surface area contributed by atoms with Gasteiger partial charge in [0.25, 0.3) is 0 Å². The van der Waals surface area contributed by atoms with Gasteiger partial charge in [0.15, 0.2) is 0 Å². The fraction of sp³-hybridized carbons (Fsp3) is 0. The monoisotopic (exact) mass is 434 g/mol. The Bertz CT molecular complexity index is 620. The highest BCUT2D eigenvalue weighted by atomic mass is 127. The van der Waals surface area contributed by atoms with Crippen LogP contribution in [-0.4, -0.2) is 11.6 Å². The third-order valence-corrected chi connectivity index (χ3v) is 4.55. The lowest BCUT2D eigenvalue weighted by molar-refractivity contribution is 0.0825. The molecule has 0 saturated heterocycles. The van der Waals surface area contributed by atoms with Gasteiger partial charge in [-0.25, -0.2) is 0 Å². The van der Waals surface area contributed by atoms with Gasteiger partial charge in [-0.3, -0.25) is 9.59 Å². The van der Waals surface area contributed by atoms with Crippen LogP contribution >= 0.6 is 45.2 Å². The Morgan fingerprint density at radius 3 is 1.56 bits per heavy atom. The molecule has 0 atom stereocenters. The minimum absolute atomic E-state index is 0.376. The van der Waals surface area contributed by atoms with Crippen molar-refractivity contribution >= 4 is 67.5 Å². The molecule has 0 aliphatic heterocycles. The van der Waals surface area contributed by atoms with Crippen LogP contribution in [0.1, 0.15) is 20.7 Å². The SMILES string of the molecule is O=C1C(=O)c2ccc(I)c3c(I)ccc1c23. The molecule has 4 heteroatoms. The maximum atomic E-state index is 11.7. The highest BCUT2D eigenvalue weighted by Crippen LogP contribution is 2.35. The molecule has 2 nitrogen and oxygen atoms in total. The lowest BCUT2D eigenvalue weighted by Crippen LogP contribution is -2.05. The van der Waals surface area contributed by atoms with Gasteiger partial charge in [-0.15, -0.1) is 0 Å². The van der Waals surface area contributed by atoms with Crippen molar-refractivity contribution in [1.29, 1.82) is 0 Å². The van der Waals surface area contributed by atoms with Crippen molar-refractivity contribution in [3.05, 3.63) is 42.5 Å². The van der Waals surface area contributed by atoms with Gasteiger partial charge in [0.05, 0.1) is 0 Å². The normalized spacial score (nSPS) is 13.9. The average molecular weight is 434 g/mol. The van der Waals surface area contributed by atoms with E-state index in [1.165, 1.54) is 0 Å². The molecule has 0 aromatic heterocycles. The van der Waals surface area contributed by atoms with Crippen molar-refractivity contribution in [2.45, 2.75) is 0 Å². The Morgan fingerprint density at radius 2 is 1.12 bits per heavy atom. The van der Waals surface area contributed by atoms with Crippen LogP contribution in [0, 0.1) is 7.14 Å². The maximum absolute atomic E-state index is 11.7. The lowest BCUT2D eigenvalue weighted by Gasteiger charge is -2.04. The van der Waals surface area contributed by atoms with Crippen molar-refractivity contribution in [2.75, 3.05) is 0 Å². The lowest BCUT2D eigenvalue weighted by atomic mass is 10.1. The van der Waals surface area contributed by atoms with Crippen LogP contribution in [-0.2, 0) is 0 Å². The molecule has 1 aliphatic carbocycles. The molecule has 0 amide bonds. The minimum Gasteiger partial charge on any atom is -0.285 e. The second-order valence-corrected chi connectivity index (χ2v) is 5.92. The fourth-order valence-corrected chi connectivity index (χ4v) is 4.03. The number of ketones is 2. The molecule has 0 fully saturated rings. The van der Waals surface area contributed by atoms with Gasteiger partial charge < -0.3 is 0 Å². The first-order valence-electron chi connectivity index (χ1n) is 4.61. The summed E-state index contributed by atoms with van der Waals surface area (Å²) in [5.41, 5.74) is 1.10. The van der Waals surface area contributed by atoms with Crippen molar-refractivity contribution in [3.63, 3.8) is 0 Å². The Kier molecular flexibility index (Phi) is 2.32. The second kappa shape index (κ2) is 3.49. The van der Waals surface area contributed by atoms with E-state index in [0.29, 0.717) is 11.1 Å².